The maximum Gasteiger partial charge on any atom is 0.417 e. The summed E-state index contributed by atoms with van der Waals surface area (Å²) in [6.07, 6.45) is -3.74. The summed E-state index contributed by atoms with van der Waals surface area (Å²) < 4.78 is 41.7. The molecule has 0 amide bonds. The van der Waals surface area contributed by atoms with Crippen LogP contribution in [0, 0.1) is 0 Å². The maximum atomic E-state index is 12.4. The van der Waals surface area contributed by atoms with Gasteiger partial charge in [-0.2, -0.15) is 13.2 Å². The second kappa shape index (κ2) is 4.57. The Morgan fingerprint density at radius 2 is 2.06 bits per heavy atom. The molecule has 1 aromatic carbocycles. The van der Waals surface area contributed by atoms with E-state index in [0.29, 0.717) is 6.07 Å². The number of carbonyl (C=O) groups excluding carboxylic acids is 1. The van der Waals surface area contributed by atoms with Crippen molar-refractivity contribution in [2.45, 2.75) is 6.18 Å². The summed E-state index contributed by atoms with van der Waals surface area (Å²) in [6.45, 7) is 3.12. The molecule has 0 saturated carbocycles. The zero-order chi connectivity index (χ0) is 12.3. The average Bonchev–Trinajstić information content (AvgIpc) is 2.19. The number of benzene rings is 1. The Bertz CT molecular complexity index is 427. The van der Waals surface area contributed by atoms with E-state index in [-0.39, 0.29) is 5.75 Å². The first kappa shape index (κ1) is 12.6. The SMILES string of the molecule is C=CC(=O)Oc1ccc(Cl)c(C(F)(F)F)c1. The Balaban J connectivity index is 3.08. The first-order chi connectivity index (χ1) is 7.34. The quantitative estimate of drug-likeness (QED) is 0.456. The van der Waals surface area contributed by atoms with E-state index in [9.17, 15) is 18.0 Å². The molecule has 0 spiro atoms. The number of carbonyl (C=O) groups is 1. The van der Waals surface area contributed by atoms with Crippen molar-refractivity contribution in [2.24, 2.45) is 0 Å². The van der Waals surface area contributed by atoms with Gasteiger partial charge >= 0.3 is 12.1 Å². The first-order valence-corrected chi connectivity index (χ1v) is 4.43. The Morgan fingerprint density at radius 1 is 1.44 bits per heavy atom. The molecule has 0 atom stereocenters. The number of rotatable bonds is 2. The van der Waals surface area contributed by atoms with Crippen molar-refractivity contribution in [3.63, 3.8) is 0 Å². The van der Waals surface area contributed by atoms with E-state index >= 15 is 0 Å². The van der Waals surface area contributed by atoms with Gasteiger partial charge in [-0.15, -0.1) is 0 Å². The number of hydrogen-bond acceptors (Lipinski definition) is 2. The highest BCUT2D eigenvalue weighted by atomic mass is 35.5. The normalized spacial score (nSPS) is 11.0. The molecule has 0 bridgehead atoms. The Morgan fingerprint density at radius 3 is 2.56 bits per heavy atom. The Hall–Kier alpha value is -1.49. The lowest BCUT2D eigenvalue weighted by Gasteiger charge is -2.10. The summed E-state index contributed by atoms with van der Waals surface area (Å²) in [7, 11) is 0. The van der Waals surface area contributed by atoms with Crippen LogP contribution in [0.3, 0.4) is 0 Å². The van der Waals surface area contributed by atoms with Gasteiger partial charge in [-0.05, 0) is 18.2 Å². The van der Waals surface area contributed by atoms with Crippen LogP contribution < -0.4 is 4.74 Å². The largest absolute Gasteiger partial charge is 0.423 e. The van der Waals surface area contributed by atoms with Crippen LogP contribution in [0.4, 0.5) is 13.2 Å². The summed E-state index contributed by atoms with van der Waals surface area (Å²) in [5, 5.41) is -0.453. The third-order valence-electron chi connectivity index (χ3n) is 1.63. The molecule has 86 valence electrons. The number of esters is 1. The van der Waals surface area contributed by atoms with Crippen LogP contribution in [0.25, 0.3) is 0 Å². The molecule has 0 aliphatic carbocycles. The highest BCUT2D eigenvalue weighted by Crippen LogP contribution is 2.36. The van der Waals surface area contributed by atoms with Gasteiger partial charge in [-0.25, -0.2) is 4.79 Å². The lowest BCUT2D eigenvalue weighted by molar-refractivity contribution is -0.138. The van der Waals surface area contributed by atoms with Gasteiger partial charge in [0.05, 0.1) is 10.6 Å². The van der Waals surface area contributed by atoms with Gasteiger partial charge in [0.25, 0.3) is 0 Å². The van der Waals surface area contributed by atoms with E-state index in [1.165, 1.54) is 6.07 Å². The van der Waals surface area contributed by atoms with E-state index in [2.05, 4.69) is 11.3 Å². The van der Waals surface area contributed by atoms with Crippen molar-refractivity contribution in [3.8, 4) is 5.75 Å². The standard InChI is InChI=1S/C10H6ClF3O2/c1-2-9(15)16-6-3-4-8(11)7(5-6)10(12,13)14/h2-5H,1H2. The summed E-state index contributed by atoms with van der Waals surface area (Å²) in [5.41, 5.74) is -1.05. The van der Waals surface area contributed by atoms with Gasteiger partial charge in [0, 0.05) is 6.08 Å². The molecule has 16 heavy (non-hydrogen) atoms. The topological polar surface area (TPSA) is 26.3 Å². The molecule has 0 aliphatic heterocycles. The van der Waals surface area contributed by atoms with Crippen LogP contribution in [0.5, 0.6) is 5.75 Å². The van der Waals surface area contributed by atoms with E-state index in [1.807, 2.05) is 0 Å². The summed E-state index contributed by atoms with van der Waals surface area (Å²) in [6, 6.07) is 2.83. The molecule has 2 nitrogen and oxygen atoms in total. The van der Waals surface area contributed by atoms with Crippen molar-refractivity contribution >= 4 is 17.6 Å². The Labute approximate surface area is 94.3 Å². The predicted molar refractivity (Wildman–Crippen MR) is 52.3 cm³/mol. The second-order valence-corrected chi connectivity index (χ2v) is 3.17. The van der Waals surface area contributed by atoms with Gasteiger partial charge in [0.2, 0.25) is 0 Å². The molecular formula is C10H6ClF3O2. The van der Waals surface area contributed by atoms with Gasteiger partial charge in [-0.3, -0.25) is 0 Å². The van der Waals surface area contributed by atoms with Gasteiger partial charge in [0.1, 0.15) is 5.75 Å². The molecule has 0 saturated heterocycles. The van der Waals surface area contributed by atoms with Crippen molar-refractivity contribution in [3.05, 3.63) is 41.4 Å². The minimum absolute atomic E-state index is 0.235. The molecule has 1 aromatic rings. The molecule has 0 radical (unpaired) electrons. The van der Waals surface area contributed by atoms with Gasteiger partial charge < -0.3 is 4.74 Å². The fourth-order valence-electron chi connectivity index (χ4n) is 0.943. The lowest BCUT2D eigenvalue weighted by Crippen LogP contribution is -2.08. The van der Waals surface area contributed by atoms with Crippen LogP contribution in [-0.2, 0) is 11.0 Å². The highest BCUT2D eigenvalue weighted by molar-refractivity contribution is 6.31. The zero-order valence-corrected chi connectivity index (χ0v) is 8.60. The minimum atomic E-state index is -4.59. The van der Waals surface area contributed by atoms with Crippen molar-refractivity contribution in [1.29, 1.82) is 0 Å². The molecule has 0 aromatic heterocycles. The van der Waals surface area contributed by atoms with Gasteiger partial charge in [0.15, 0.2) is 0 Å². The highest BCUT2D eigenvalue weighted by Gasteiger charge is 2.33. The fourth-order valence-corrected chi connectivity index (χ4v) is 1.17. The van der Waals surface area contributed by atoms with E-state index in [4.69, 9.17) is 11.6 Å². The first-order valence-electron chi connectivity index (χ1n) is 4.05. The minimum Gasteiger partial charge on any atom is -0.423 e. The Kier molecular flexibility index (Phi) is 3.59. The molecule has 0 aliphatic rings. The number of hydrogen-bond donors (Lipinski definition) is 0. The molecular weight excluding hydrogens is 245 g/mol. The number of alkyl halides is 3. The van der Waals surface area contributed by atoms with Crippen molar-refractivity contribution in [2.75, 3.05) is 0 Å². The third-order valence-corrected chi connectivity index (χ3v) is 1.96. The molecule has 1 rings (SSSR count). The van der Waals surface area contributed by atoms with Crippen LogP contribution >= 0.6 is 11.6 Å². The maximum absolute atomic E-state index is 12.4. The monoisotopic (exact) mass is 250 g/mol. The molecule has 6 heteroatoms. The van der Waals surface area contributed by atoms with Crippen molar-refractivity contribution in [1.82, 2.24) is 0 Å². The summed E-state index contributed by atoms with van der Waals surface area (Å²) >= 11 is 5.37. The zero-order valence-electron chi connectivity index (χ0n) is 7.84. The molecule has 0 fully saturated rings. The number of ether oxygens (including phenoxy) is 1. The third kappa shape index (κ3) is 3.00. The van der Waals surface area contributed by atoms with Crippen LogP contribution in [0.2, 0.25) is 5.02 Å². The summed E-state index contributed by atoms with van der Waals surface area (Å²) in [4.78, 5) is 10.8. The van der Waals surface area contributed by atoms with Crippen LogP contribution in [0.15, 0.2) is 30.9 Å². The average molecular weight is 251 g/mol. The predicted octanol–water partition coefficient (Wildman–Crippen LogP) is 3.45. The van der Waals surface area contributed by atoms with Crippen LogP contribution in [-0.4, -0.2) is 5.97 Å². The smallest absolute Gasteiger partial charge is 0.417 e. The second-order valence-electron chi connectivity index (χ2n) is 2.76. The molecule has 0 heterocycles. The van der Waals surface area contributed by atoms with Crippen LogP contribution in [0.1, 0.15) is 5.56 Å². The fraction of sp³-hybridized carbons (Fsp3) is 0.100. The number of halogens is 4. The molecule has 0 unspecified atom stereocenters. The lowest BCUT2D eigenvalue weighted by atomic mass is 10.2. The van der Waals surface area contributed by atoms with E-state index in [0.717, 1.165) is 12.1 Å². The van der Waals surface area contributed by atoms with E-state index in [1.54, 1.807) is 0 Å². The summed E-state index contributed by atoms with van der Waals surface area (Å²) in [5.74, 6) is -1.07. The van der Waals surface area contributed by atoms with E-state index < -0.39 is 22.7 Å². The van der Waals surface area contributed by atoms with Crippen molar-refractivity contribution < 1.29 is 22.7 Å². The van der Waals surface area contributed by atoms with Gasteiger partial charge in [-0.1, -0.05) is 18.2 Å². The molecule has 0 N–H and O–H groups in total.